The number of hydrogen-bond acceptors (Lipinski definition) is 3. The highest BCUT2D eigenvalue weighted by molar-refractivity contribution is 7.99. The van der Waals surface area contributed by atoms with Crippen molar-refractivity contribution < 1.29 is 14.3 Å². The fourth-order valence-electron chi connectivity index (χ4n) is 2.52. The second kappa shape index (κ2) is 6.78. The number of carboxylic acid groups (broad SMARTS) is 1. The summed E-state index contributed by atoms with van der Waals surface area (Å²) >= 11 is 7.60. The first-order chi connectivity index (χ1) is 9.49. The maximum absolute atomic E-state index is 13.2. The van der Waals surface area contributed by atoms with Crippen LogP contribution in [0.2, 0.25) is 5.02 Å². The molecule has 0 spiro atoms. The third-order valence-corrected chi connectivity index (χ3v) is 4.99. The second-order valence-corrected chi connectivity index (χ2v) is 6.47. The Morgan fingerprint density at radius 1 is 1.65 bits per heavy atom. The molecule has 2 atom stereocenters. The van der Waals surface area contributed by atoms with Crippen molar-refractivity contribution in [1.82, 2.24) is 4.90 Å². The largest absolute Gasteiger partial charge is 0.481 e. The van der Waals surface area contributed by atoms with Gasteiger partial charge < -0.3 is 5.11 Å². The van der Waals surface area contributed by atoms with Crippen molar-refractivity contribution in [2.45, 2.75) is 25.4 Å². The smallest absolute Gasteiger partial charge is 0.304 e. The summed E-state index contributed by atoms with van der Waals surface area (Å²) in [4.78, 5) is 13.1. The van der Waals surface area contributed by atoms with E-state index in [1.165, 1.54) is 6.07 Å². The molecule has 110 valence electrons. The summed E-state index contributed by atoms with van der Waals surface area (Å²) < 4.78 is 13.2. The molecule has 20 heavy (non-hydrogen) atoms. The van der Waals surface area contributed by atoms with Gasteiger partial charge in [-0.25, -0.2) is 4.39 Å². The van der Waals surface area contributed by atoms with Crippen LogP contribution in [0, 0.1) is 5.82 Å². The van der Waals surface area contributed by atoms with Crippen molar-refractivity contribution >= 4 is 29.3 Å². The van der Waals surface area contributed by atoms with Gasteiger partial charge in [-0.2, -0.15) is 11.8 Å². The Kier molecular flexibility index (Phi) is 5.29. The number of carboxylic acids is 1. The molecule has 0 saturated carbocycles. The highest BCUT2D eigenvalue weighted by atomic mass is 35.5. The van der Waals surface area contributed by atoms with Crippen LogP contribution in [0.4, 0.5) is 4.39 Å². The van der Waals surface area contributed by atoms with E-state index in [9.17, 15) is 9.18 Å². The van der Waals surface area contributed by atoms with Gasteiger partial charge in [0, 0.05) is 30.1 Å². The first-order valence-corrected chi connectivity index (χ1v) is 8.02. The molecule has 0 radical (unpaired) electrons. The van der Waals surface area contributed by atoms with Crippen LogP contribution in [0.3, 0.4) is 0 Å². The molecule has 1 fully saturated rings. The minimum Gasteiger partial charge on any atom is -0.481 e. The molecule has 2 rings (SSSR count). The van der Waals surface area contributed by atoms with Crippen LogP contribution in [0.15, 0.2) is 18.2 Å². The lowest BCUT2D eigenvalue weighted by Gasteiger charge is -2.39. The van der Waals surface area contributed by atoms with Crippen molar-refractivity contribution in [3.8, 4) is 0 Å². The van der Waals surface area contributed by atoms with Crippen LogP contribution < -0.4 is 0 Å². The minimum absolute atomic E-state index is 0.00470. The van der Waals surface area contributed by atoms with Gasteiger partial charge in [0.15, 0.2) is 0 Å². The Hall–Kier alpha value is -0.780. The van der Waals surface area contributed by atoms with Gasteiger partial charge in [-0.15, -0.1) is 0 Å². The highest BCUT2D eigenvalue weighted by Gasteiger charge is 2.29. The molecule has 1 aliphatic heterocycles. The lowest BCUT2D eigenvalue weighted by molar-refractivity contribution is -0.138. The quantitative estimate of drug-likeness (QED) is 0.923. The first-order valence-electron chi connectivity index (χ1n) is 6.49. The standard InChI is InChI=1S/C14H17ClFNO2S/c1-9(10-2-3-13(16)12(15)6-10)17-4-5-20-8-11(17)7-14(18)19/h2-3,6,9,11H,4-5,7-8H2,1H3,(H,18,19). The van der Waals surface area contributed by atoms with E-state index >= 15 is 0 Å². The average Bonchev–Trinajstić information content (AvgIpc) is 2.41. The van der Waals surface area contributed by atoms with E-state index in [-0.39, 0.29) is 23.5 Å². The normalized spacial score (nSPS) is 21.6. The van der Waals surface area contributed by atoms with E-state index in [0.717, 1.165) is 23.6 Å². The van der Waals surface area contributed by atoms with Gasteiger partial charge in [0.2, 0.25) is 0 Å². The molecule has 1 saturated heterocycles. The molecule has 2 unspecified atom stereocenters. The molecule has 1 heterocycles. The maximum atomic E-state index is 13.2. The molecular weight excluding hydrogens is 301 g/mol. The van der Waals surface area contributed by atoms with E-state index in [1.54, 1.807) is 23.9 Å². The Balaban J connectivity index is 2.17. The highest BCUT2D eigenvalue weighted by Crippen LogP contribution is 2.30. The molecule has 0 bridgehead atoms. The van der Waals surface area contributed by atoms with Gasteiger partial charge in [0.05, 0.1) is 11.4 Å². The lowest BCUT2D eigenvalue weighted by atomic mass is 10.0. The number of carbonyl (C=O) groups is 1. The van der Waals surface area contributed by atoms with Crippen LogP contribution in [-0.4, -0.2) is 40.1 Å². The van der Waals surface area contributed by atoms with Crippen molar-refractivity contribution in [2.75, 3.05) is 18.1 Å². The summed E-state index contributed by atoms with van der Waals surface area (Å²) in [5, 5.41) is 9.12. The van der Waals surface area contributed by atoms with Crippen molar-refractivity contribution in [1.29, 1.82) is 0 Å². The number of rotatable bonds is 4. The van der Waals surface area contributed by atoms with E-state index < -0.39 is 11.8 Å². The van der Waals surface area contributed by atoms with Crippen molar-refractivity contribution in [3.05, 3.63) is 34.6 Å². The predicted octanol–water partition coefficient (Wildman–Crippen LogP) is 3.43. The fraction of sp³-hybridized carbons (Fsp3) is 0.500. The topological polar surface area (TPSA) is 40.5 Å². The summed E-state index contributed by atoms with van der Waals surface area (Å²) in [5.74, 6) is 0.576. The molecule has 1 aliphatic rings. The van der Waals surface area contributed by atoms with Crippen molar-refractivity contribution in [3.63, 3.8) is 0 Å². The summed E-state index contributed by atoms with van der Waals surface area (Å²) in [7, 11) is 0. The summed E-state index contributed by atoms with van der Waals surface area (Å²) in [6, 6.07) is 4.73. The number of benzene rings is 1. The Bertz CT molecular complexity index is 500. The lowest BCUT2D eigenvalue weighted by Crippen LogP contribution is -2.44. The summed E-state index contributed by atoms with van der Waals surface area (Å²) in [6.07, 6.45) is 0.131. The molecular formula is C14H17ClFNO2S. The number of thioether (sulfide) groups is 1. The van der Waals surface area contributed by atoms with E-state index in [0.29, 0.717) is 0 Å². The Morgan fingerprint density at radius 2 is 2.40 bits per heavy atom. The Morgan fingerprint density at radius 3 is 3.05 bits per heavy atom. The summed E-state index contributed by atoms with van der Waals surface area (Å²) in [5.41, 5.74) is 0.915. The van der Waals surface area contributed by atoms with Crippen LogP contribution in [-0.2, 0) is 4.79 Å². The average molecular weight is 318 g/mol. The van der Waals surface area contributed by atoms with Crippen LogP contribution in [0.25, 0.3) is 0 Å². The van der Waals surface area contributed by atoms with Gasteiger partial charge in [0.25, 0.3) is 0 Å². The molecule has 1 aromatic carbocycles. The third kappa shape index (κ3) is 3.65. The number of halogens is 2. The van der Waals surface area contributed by atoms with Gasteiger partial charge in [-0.1, -0.05) is 17.7 Å². The maximum Gasteiger partial charge on any atom is 0.304 e. The number of aliphatic carboxylic acids is 1. The molecule has 3 nitrogen and oxygen atoms in total. The van der Waals surface area contributed by atoms with Gasteiger partial charge in [0.1, 0.15) is 5.82 Å². The van der Waals surface area contributed by atoms with Crippen molar-refractivity contribution in [2.24, 2.45) is 0 Å². The van der Waals surface area contributed by atoms with E-state index in [2.05, 4.69) is 4.90 Å². The van der Waals surface area contributed by atoms with E-state index in [4.69, 9.17) is 16.7 Å². The predicted molar refractivity (Wildman–Crippen MR) is 79.9 cm³/mol. The molecule has 0 aliphatic carbocycles. The molecule has 0 amide bonds. The minimum atomic E-state index is -0.785. The molecule has 6 heteroatoms. The molecule has 1 N–H and O–H groups in total. The third-order valence-electron chi connectivity index (χ3n) is 3.61. The van der Waals surface area contributed by atoms with Gasteiger partial charge >= 0.3 is 5.97 Å². The number of hydrogen-bond donors (Lipinski definition) is 1. The second-order valence-electron chi connectivity index (χ2n) is 4.91. The number of nitrogens with zero attached hydrogens (tertiary/aromatic N) is 1. The van der Waals surface area contributed by atoms with Crippen LogP contribution in [0.5, 0.6) is 0 Å². The molecule has 1 aromatic rings. The van der Waals surface area contributed by atoms with Gasteiger partial charge in [-0.3, -0.25) is 9.69 Å². The van der Waals surface area contributed by atoms with Crippen LogP contribution >= 0.6 is 23.4 Å². The zero-order valence-electron chi connectivity index (χ0n) is 11.2. The Labute approximate surface area is 127 Å². The zero-order chi connectivity index (χ0) is 14.7. The van der Waals surface area contributed by atoms with Gasteiger partial charge in [-0.05, 0) is 24.6 Å². The summed E-state index contributed by atoms with van der Waals surface area (Å²) in [6.45, 7) is 2.84. The van der Waals surface area contributed by atoms with Crippen LogP contribution in [0.1, 0.15) is 24.9 Å². The first kappa shape index (κ1) is 15.6. The monoisotopic (exact) mass is 317 g/mol. The fourth-order valence-corrected chi connectivity index (χ4v) is 3.80. The zero-order valence-corrected chi connectivity index (χ0v) is 12.8. The van der Waals surface area contributed by atoms with E-state index in [1.807, 2.05) is 6.92 Å². The molecule has 0 aromatic heterocycles. The SMILES string of the molecule is CC(c1ccc(F)c(Cl)c1)N1CCSCC1CC(=O)O.